The van der Waals surface area contributed by atoms with Gasteiger partial charge >= 0.3 is 0 Å². The van der Waals surface area contributed by atoms with Crippen LogP contribution in [0.3, 0.4) is 0 Å². The van der Waals surface area contributed by atoms with Crippen LogP contribution < -0.4 is 5.73 Å². The molecule has 1 aromatic rings. The number of hydrogen-bond donors (Lipinski definition) is 2. The maximum atomic E-state index is 9.34. The maximum Gasteiger partial charge on any atom is 0.0632 e. The third-order valence-corrected chi connectivity index (χ3v) is 4.02. The zero-order chi connectivity index (χ0) is 11.6. The number of aryl methyl sites for hydroxylation is 1. The van der Waals surface area contributed by atoms with Gasteiger partial charge in [-0.15, -0.1) is 0 Å². The Balaban J connectivity index is 1.90. The topological polar surface area (TPSA) is 64.1 Å². The summed E-state index contributed by atoms with van der Waals surface area (Å²) in [4.78, 5) is 0. The summed E-state index contributed by atoms with van der Waals surface area (Å²) in [5.74, 6) is 0.417. The number of rotatable bonds is 4. The van der Waals surface area contributed by atoms with Crippen LogP contribution in [-0.2, 0) is 6.54 Å². The van der Waals surface area contributed by atoms with Crippen molar-refractivity contribution in [1.82, 2.24) is 9.78 Å². The quantitative estimate of drug-likeness (QED) is 0.883. The first kappa shape index (κ1) is 12.1. The number of nitrogens with zero attached hydrogens (tertiary/aromatic N) is 2. The monoisotopic (exact) mass is 287 g/mol. The fraction of sp³-hybridized carbons (Fsp3) is 0.727. The Morgan fingerprint density at radius 2 is 2.50 bits per heavy atom. The molecule has 2 unspecified atom stereocenters. The number of nitrogens with two attached hydrogens (primary N) is 1. The highest BCUT2D eigenvalue weighted by atomic mass is 79.9. The van der Waals surface area contributed by atoms with Crippen molar-refractivity contribution in [3.8, 4) is 0 Å². The third kappa shape index (κ3) is 2.47. The number of aromatic nitrogens is 2. The molecular formula is C11H18BrN3O. The van der Waals surface area contributed by atoms with Crippen LogP contribution in [0.2, 0.25) is 0 Å². The molecule has 0 radical (unpaired) electrons. The van der Waals surface area contributed by atoms with Crippen molar-refractivity contribution >= 4 is 15.9 Å². The van der Waals surface area contributed by atoms with Crippen LogP contribution in [0.25, 0.3) is 0 Å². The lowest BCUT2D eigenvalue weighted by molar-refractivity contribution is 0.152. The molecule has 3 N–H and O–H groups in total. The van der Waals surface area contributed by atoms with E-state index < -0.39 is 0 Å². The second kappa shape index (κ2) is 4.85. The van der Waals surface area contributed by atoms with Crippen molar-refractivity contribution in [2.75, 3.05) is 6.61 Å². The Hall–Kier alpha value is -0.390. The molecule has 0 bridgehead atoms. The lowest BCUT2D eigenvalue weighted by Crippen LogP contribution is -2.47. The average Bonchev–Trinajstić information content (AvgIpc) is 2.83. The van der Waals surface area contributed by atoms with Gasteiger partial charge in [0.1, 0.15) is 0 Å². The Morgan fingerprint density at radius 1 is 1.69 bits per heavy atom. The first-order valence-electron chi connectivity index (χ1n) is 5.72. The lowest BCUT2D eigenvalue weighted by atomic mass is 9.86. The van der Waals surface area contributed by atoms with Crippen LogP contribution in [0.4, 0.5) is 0 Å². The van der Waals surface area contributed by atoms with E-state index in [0.717, 1.165) is 36.7 Å². The second-order valence-electron chi connectivity index (χ2n) is 4.69. The van der Waals surface area contributed by atoms with Gasteiger partial charge in [-0.1, -0.05) is 6.42 Å². The molecule has 0 aromatic carbocycles. The molecule has 1 aliphatic rings. The standard InChI is InChI=1S/C11H18BrN3O/c12-10-6-14-15(7-10)5-3-9-2-1-4-11(9,13)8-16/h6-7,9,16H,1-5,8,13H2. The van der Waals surface area contributed by atoms with E-state index in [1.807, 2.05) is 10.9 Å². The average molecular weight is 288 g/mol. The van der Waals surface area contributed by atoms with Gasteiger partial charge in [-0.2, -0.15) is 5.10 Å². The predicted octanol–water partition coefficient (Wildman–Crippen LogP) is 1.53. The zero-order valence-electron chi connectivity index (χ0n) is 9.27. The molecule has 1 fully saturated rings. The predicted molar refractivity (Wildman–Crippen MR) is 65.9 cm³/mol. The number of hydrogen-bond acceptors (Lipinski definition) is 3. The fourth-order valence-corrected chi connectivity index (χ4v) is 2.89. The molecule has 0 saturated heterocycles. The molecule has 0 amide bonds. The Bertz CT molecular complexity index is 355. The summed E-state index contributed by atoms with van der Waals surface area (Å²) in [5.41, 5.74) is 5.83. The van der Waals surface area contributed by atoms with E-state index in [9.17, 15) is 5.11 Å². The van der Waals surface area contributed by atoms with E-state index in [1.165, 1.54) is 0 Å². The fourth-order valence-electron chi connectivity index (χ4n) is 2.56. The minimum atomic E-state index is -0.357. The highest BCUT2D eigenvalue weighted by Crippen LogP contribution is 2.35. The van der Waals surface area contributed by atoms with Crippen molar-refractivity contribution in [3.63, 3.8) is 0 Å². The maximum absolute atomic E-state index is 9.34. The van der Waals surface area contributed by atoms with E-state index in [0.29, 0.717) is 5.92 Å². The van der Waals surface area contributed by atoms with Gasteiger partial charge in [-0.3, -0.25) is 4.68 Å². The van der Waals surface area contributed by atoms with Crippen LogP contribution in [0.15, 0.2) is 16.9 Å². The molecule has 0 aliphatic heterocycles. The molecule has 2 atom stereocenters. The molecule has 2 rings (SSSR count). The lowest BCUT2D eigenvalue weighted by Gasteiger charge is -2.29. The van der Waals surface area contributed by atoms with E-state index in [4.69, 9.17) is 5.73 Å². The highest BCUT2D eigenvalue weighted by molar-refractivity contribution is 9.10. The molecule has 4 nitrogen and oxygen atoms in total. The van der Waals surface area contributed by atoms with Crippen LogP contribution in [0.1, 0.15) is 25.7 Å². The summed E-state index contributed by atoms with van der Waals surface area (Å²) in [6, 6.07) is 0. The first-order valence-corrected chi connectivity index (χ1v) is 6.51. The van der Waals surface area contributed by atoms with Gasteiger partial charge in [0, 0.05) is 18.3 Å². The van der Waals surface area contributed by atoms with Crippen molar-refractivity contribution in [2.45, 2.75) is 37.8 Å². The Kier molecular flexibility index (Phi) is 3.66. The van der Waals surface area contributed by atoms with E-state index in [2.05, 4.69) is 21.0 Å². The summed E-state index contributed by atoms with van der Waals surface area (Å²) in [7, 11) is 0. The summed E-state index contributed by atoms with van der Waals surface area (Å²) >= 11 is 3.37. The van der Waals surface area contributed by atoms with Crippen LogP contribution >= 0.6 is 15.9 Å². The van der Waals surface area contributed by atoms with Crippen molar-refractivity contribution < 1.29 is 5.11 Å². The molecule has 1 aliphatic carbocycles. The van der Waals surface area contributed by atoms with Gasteiger partial charge < -0.3 is 10.8 Å². The molecule has 1 saturated carbocycles. The van der Waals surface area contributed by atoms with Gasteiger partial charge in [0.15, 0.2) is 0 Å². The van der Waals surface area contributed by atoms with Crippen molar-refractivity contribution in [2.24, 2.45) is 11.7 Å². The molecule has 5 heteroatoms. The van der Waals surface area contributed by atoms with E-state index in [-0.39, 0.29) is 12.1 Å². The largest absolute Gasteiger partial charge is 0.394 e. The summed E-state index contributed by atoms with van der Waals surface area (Å²) in [6.45, 7) is 0.968. The number of aliphatic hydroxyl groups excluding tert-OH is 1. The van der Waals surface area contributed by atoms with Gasteiger partial charge in [0.25, 0.3) is 0 Å². The third-order valence-electron chi connectivity index (χ3n) is 3.61. The van der Waals surface area contributed by atoms with Gasteiger partial charge in [0.2, 0.25) is 0 Å². The molecule has 90 valence electrons. The Labute approximate surface area is 104 Å². The zero-order valence-corrected chi connectivity index (χ0v) is 10.9. The molecule has 1 aromatic heterocycles. The summed E-state index contributed by atoms with van der Waals surface area (Å²) in [5, 5.41) is 13.6. The van der Waals surface area contributed by atoms with Crippen LogP contribution in [0.5, 0.6) is 0 Å². The summed E-state index contributed by atoms with van der Waals surface area (Å²) < 4.78 is 2.92. The van der Waals surface area contributed by atoms with Crippen LogP contribution in [0, 0.1) is 5.92 Å². The van der Waals surface area contributed by atoms with Crippen molar-refractivity contribution in [1.29, 1.82) is 0 Å². The minimum Gasteiger partial charge on any atom is -0.394 e. The molecule has 0 spiro atoms. The normalized spacial score (nSPS) is 29.8. The molecule has 16 heavy (non-hydrogen) atoms. The van der Waals surface area contributed by atoms with Gasteiger partial charge in [0.05, 0.1) is 17.3 Å². The highest BCUT2D eigenvalue weighted by Gasteiger charge is 2.38. The number of aliphatic hydroxyl groups is 1. The van der Waals surface area contributed by atoms with Gasteiger partial charge in [-0.25, -0.2) is 0 Å². The minimum absolute atomic E-state index is 0.0977. The number of halogens is 1. The molecular weight excluding hydrogens is 270 g/mol. The summed E-state index contributed by atoms with van der Waals surface area (Å²) in [6.07, 6.45) is 7.94. The first-order chi connectivity index (χ1) is 7.64. The van der Waals surface area contributed by atoms with E-state index >= 15 is 0 Å². The Morgan fingerprint density at radius 3 is 3.12 bits per heavy atom. The van der Waals surface area contributed by atoms with Gasteiger partial charge in [-0.05, 0) is 41.1 Å². The smallest absolute Gasteiger partial charge is 0.0632 e. The van der Waals surface area contributed by atoms with Crippen LogP contribution in [-0.4, -0.2) is 27.0 Å². The molecule has 1 heterocycles. The van der Waals surface area contributed by atoms with E-state index in [1.54, 1.807) is 6.20 Å². The van der Waals surface area contributed by atoms with Crippen molar-refractivity contribution in [3.05, 3.63) is 16.9 Å². The SMILES string of the molecule is NC1(CO)CCCC1CCn1cc(Br)cn1. The second-order valence-corrected chi connectivity index (χ2v) is 5.61.